The van der Waals surface area contributed by atoms with Gasteiger partial charge >= 0.3 is 10.6 Å². The number of benzene rings is 1. The lowest BCUT2D eigenvalue weighted by atomic mass is 10.2. The molecule has 5 nitrogen and oxygen atoms in total. The van der Waals surface area contributed by atoms with E-state index in [1.165, 1.54) is 6.26 Å². The van der Waals surface area contributed by atoms with Crippen molar-refractivity contribution in [2.75, 3.05) is 6.26 Å². The quantitative estimate of drug-likeness (QED) is 0.720. The molecule has 7 heteroatoms. The minimum atomic E-state index is -3.11. The van der Waals surface area contributed by atoms with Gasteiger partial charge in [-0.25, -0.2) is 8.42 Å². The molecule has 0 fully saturated rings. The molecule has 1 aromatic carbocycles. The highest BCUT2D eigenvalue weighted by atomic mass is 32.2. The number of rotatable bonds is 1. The lowest BCUT2D eigenvalue weighted by molar-refractivity contribution is 0.559. The van der Waals surface area contributed by atoms with Crippen LogP contribution in [0.1, 0.15) is 5.56 Å². The van der Waals surface area contributed by atoms with Gasteiger partial charge in [0.25, 0.3) is 0 Å². The number of sulfone groups is 1. The summed E-state index contributed by atoms with van der Waals surface area (Å²) in [6.45, 7) is 1.92. The highest BCUT2D eigenvalue weighted by Crippen LogP contribution is 2.08. The van der Waals surface area contributed by atoms with E-state index in [0.29, 0.717) is 4.90 Å². The van der Waals surface area contributed by atoms with Crippen LogP contribution in [-0.2, 0) is 20.4 Å². The van der Waals surface area contributed by atoms with Gasteiger partial charge in [-0.1, -0.05) is 17.7 Å². The number of hydrogen-bond acceptors (Lipinski definition) is 5. The molecule has 0 aromatic heterocycles. The molecule has 0 bridgehead atoms. The molecule has 1 aromatic rings. The van der Waals surface area contributed by atoms with Crippen molar-refractivity contribution in [3.8, 4) is 0 Å². The van der Waals surface area contributed by atoms with E-state index in [1.807, 2.05) is 6.92 Å². The smallest absolute Gasteiger partial charge is 0.224 e. The molecule has 0 aliphatic rings. The van der Waals surface area contributed by atoms with E-state index in [0.717, 1.165) is 5.56 Å². The predicted molar refractivity (Wildman–Crippen MR) is 54.0 cm³/mol. The maximum Gasteiger partial charge on any atom is 0.425 e. The van der Waals surface area contributed by atoms with Crippen LogP contribution in [0.3, 0.4) is 0 Å². The zero-order chi connectivity index (χ0) is 12.1. The van der Waals surface area contributed by atoms with Crippen LogP contribution in [0.5, 0.6) is 0 Å². The van der Waals surface area contributed by atoms with Crippen molar-refractivity contribution in [1.29, 1.82) is 0 Å². The summed E-state index contributed by atoms with van der Waals surface area (Å²) < 4.78 is 47.2. The Morgan fingerprint density at radius 3 is 1.60 bits per heavy atom. The van der Waals surface area contributed by atoms with Crippen LogP contribution in [0.2, 0.25) is 0 Å². The first-order chi connectivity index (χ1) is 6.73. The third-order valence-corrected chi connectivity index (χ3v) is 2.58. The zero-order valence-corrected chi connectivity index (χ0v) is 9.80. The van der Waals surface area contributed by atoms with Crippen molar-refractivity contribution in [2.45, 2.75) is 11.8 Å². The summed E-state index contributed by atoms with van der Waals surface area (Å²) in [6, 6.07) is 6.81. The Labute approximate surface area is 89.7 Å². The van der Waals surface area contributed by atoms with E-state index in [1.54, 1.807) is 24.3 Å². The highest BCUT2D eigenvalue weighted by molar-refractivity contribution is 7.90. The minimum Gasteiger partial charge on any atom is -0.224 e. The molecule has 0 atom stereocenters. The van der Waals surface area contributed by atoms with Crippen molar-refractivity contribution in [1.82, 2.24) is 0 Å². The minimum absolute atomic E-state index is 0.378. The van der Waals surface area contributed by atoms with Crippen LogP contribution < -0.4 is 0 Å². The molecular formula is C8H10O5S2. The van der Waals surface area contributed by atoms with Crippen molar-refractivity contribution in [2.24, 2.45) is 0 Å². The first kappa shape index (κ1) is 13.8. The molecular weight excluding hydrogens is 240 g/mol. The summed E-state index contributed by atoms with van der Waals surface area (Å²) >= 11 is 0. The fourth-order valence-corrected chi connectivity index (χ4v) is 1.42. The van der Waals surface area contributed by atoms with Crippen molar-refractivity contribution >= 4 is 20.4 Å². The van der Waals surface area contributed by atoms with Gasteiger partial charge in [0.15, 0.2) is 9.84 Å². The fourth-order valence-electron chi connectivity index (χ4n) is 0.785. The maximum absolute atomic E-state index is 10.9. The highest BCUT2D eigenvalue weighted by Gasteiger charge is 2.04. The Balaban J connectivity index is 0.000000423. The van der Waals surface area contributed by atoms with Gasteiger partial charge in [0.05, 0.1) is 4.90 Å². The SMILES string of the molecule is Cc1ccc(S(C)(=O)=O)cc1.O=S(=O)=O. The summed E-state index contributed by atoms with van der Waals surface area (Å²) in [6.07, 6.45) is 1.21. The predicted octanol–water partition coefficient (Wildman–Crippen LogP) is 0.394. The second-order valence-corrected chi connectivity index (χ2v) is 5.21. The van der Waals surface area contributed by atoms with Gasteiger partial charge in [0, 0.05) is 6.26 Å². The molecule has 0 unspecified atom stereocenters. The van der Waals surface area contributed by atoms with Crippen molar-refractivity contribution in [3.63, 3.8) is 0 Å². The Hall–Kier alpha value is -1.21. The van der Waals surface area contributed by atoms with E-state index in [9.17, 15) is 8.42 Å². The lowest BCUT2D eigenvalue weighted by Gasteiger charge is -1.96. The Bertz CT molecular complexity index is 503. The van der Waals surface area contributed by atoms with Crippen molar-refractivity contribution < 1.29 is 21.0 Å². The van der Waals surface area contributed by atoms with E-state index < -0.39 is 20.4 Å². The number of aryl methyl sites for hydroxylation is 1. The van der Waals surface area contributed by atoms with E-state index >= 15 is 0 Å². The first-order valence-electron chi connectivity index (χ1n) is 3.77. The summed E-state index contributed by atoms with van der Waals surface area (Å²) in [4.78, 5) is 0.378. The molecule has 0 aliphatic heterocycles. The summed E-state index contributed by atoms with van der Waals surface area (Å²) in [5.41, 5.74) is 1.07. The molecule has 1 rings (SSSR count). The standard InChI is InChI=1S/C8H10O2S.O3S/c1-7-3-5-8(6-4-7)11(2,9)10;1-4(2)3/h3-6H,1-2H3;. The Morgan fingerprint density at radius 2 is 1.33 bits per heavy atom. The van der Waals surface area contributed by atoms with Gasteiger partial charge in [-0.15, -0.1) is 12.6 Å². The van der Waals surface area contributed by atoms with E-state index in [-0.39, 0.29) is 0 Å². The second kappa shape index (κ2) is 5.62. The van der Waals surface area contributed by atoms with Gasteiger partial charge in [0.2, 0.25) is 0 Å². The molecule has 0 saturated heterocycles. The number of hydrogen-bond donors (Lipinski definition) is 0. The monoisotopic (exact) mass is 250 g/mol. The largest absolute Gasteiger partial charge is 0.425 e. The van der Waals surface area contributed by atoms with E-state index in [4.69, 9.17) is 12.6 Å². The average Bonchev–Trinajstić information content (AvgIpc) is 2.01. The van der Waals surface area contributed by atoms with Crippen LogP contribution in [-0.4, -0.2) is 27.3 Å². The molecule has 0 radical (unpaired) electrons. The van der Waals surface area contributed by atoms with Gasteiger partial charge in [-0.3, -0.25) is 0 Å². The second-order valence-electron chi connectivity index (χ2n) is 2.79. The van der Waals surface area contributed by atoms with Crippen LogP contribution in [0.25, 0.3) is 0 Å². The summed E-state index contributed by atoms with van der Waals surface area (Å²) in [5.74, 6) is 0. The van der Waals surface area contributed by atoms with Crippen LogP contribution in [0, 0.1) is 6.92 Å². The van der Waals surface area contributed by atoms with Crippen LogP contribution in [0.15, 0.2) is 29.2 Å². The zero-order valence-electron chi connectivity index (χ0n) is 8.17. The van der Waals surface area contributed by atoms with Gasteiger partial charge < -0.3 is 0 Å². The maximum atomic E-state index is 10.9. The molecule has 84 valence electrons. The molecule has 15 heavy (non-hydrogen) atoms. The Morgan fingerprint density at radius 1 is 1.00 bits per heavy atom. The molecule has 0 heterocycles. The third kappa shape index (κ3) is 6.81. The normalized spacial score (nSPS) is 10.0. The fraction of sp³-hybridized carbons (Fsp3) is 0.250. The van der Waals surface area contributed by atoms with Crippen molar-refractivity contribution in [3.05, 3.63) is 29.8 Å². The molecule has 0 amide bonds. The van der Waals surface area contributed by atoms with Gasteiger partial charge in [-0.05, 0) is 19.1 Å². The molecule has 0 saturated carbocycles. The molecule has 0 spiro atoms. The van der Waals surface area contributed by atoms with Gasteiger partial charge in [-0.2, -0.15) is 0 Å². The molecule has 0 N–H and O–H groups in total. The van der Waals surface area contributed by atoms with Crippen LogP contribution >= 0.6 is 0 Å². The first-order valence-corrected chi connectivity index (χ1v) is 6.66. The average molecular weight is 250 g/mol. The molecule has 0 aliphatic carbocycles. The topological polar surface area (TPSA) is 85.3 Å². The third-order valence-electron chi connectivity index (χ3n) is 1.45. The van der Waals surface area contributed by atoms with Gasteiger partial charge in [0.1, 0.15) is 0 Å². The van der Waals surface area contributed by atoms with Crippen LogP contribution in [0.4, 0.5) is 0 Å². The lowest BCUT2D eigenvalue weighted by Crippen LogP contribution is -1.95. The summed E-state index contributed by atoms with van der Waals surface area (Å²) in [7, 11) is -6.13. The summed E-state index contributed by atoms with van der Waals surface area (Å²) in [5, 5.41) is 0. The van der Waals surface area contributed by atoms with E-state index in [2.05, 4.69) is 0 Å². The Kier molecular flexibility index (Phi) is 5.16.